The Balaban J connectivity index is 0.000000244. The summed E-state index contributed by atoms with van der Waals surface area (Å²) in [4.78, 5) is 91.8. The van der Waals surface area contributed by atoms with Gasteiger partial charge in [-0.2, -0.15) is 0 Å². The van der Waals surface area contributed by atoms with Crippen molar-refractivity contribution >= 4 is 63.6 Å². The minimum Gasteiger partial charge on any atom is -0.444 e. The third-order valence-corrected chi connectivity index (χ3v) is 6.71. The Morgan fingerprint density at radius 1 is 0.625 bits per heavy atom. The average Bonchev–Trinajstić information content (AvgIpc) is 3.63. The third-order valence-electron chi connectivity index (χ3n) is 6.12. The molecule has 5 rings (SSSR count). The Kier molecular flexibility index (Phi) is 14.5. The molecule has 0 unspecified atom stereocenters. The molecule has 2 saturated heterocycles. The largest absolute Gasteiger partial charge is 0.444 e. The Labute approximate surface area is 286 Å². The molecule has 5 aliphatic rings. The summed E-state index contributed by atoms with van der Waals surface area (Å²) in [5, 5.41) is 9.47. The predicted molar refractivity (Wildman–Crippen MR) is 174 cm³/mol. The van der Waals surface area contributed by atoms with Crippen LogP contribution in [0.3, 0.4) is 0 Å². The van der Waals surface area contributed by atoms with E-state index in [1.165, 1.54) is 24.3 Å². The second-order valence-corrected chi connectivity index (χ2v) is 13.4. The number of ether oxygens (including phenoxy) is 2. The average molecular weight is 741 g/mol. The highest BCUT2D eigenvalue weighted by Crippen LogP contribution is 2.16. The highest BCUT2D eigenvalue weighted by Gasteiger charge is 2.31. The summed E-state index contributed by atoms with van der Waals surface area (Å²) in [6, 6.07) is 0. The van der Waals surface area contributed by atoms with Gasteiger partial charge in [0.25, 0.3) is 35.4 Å². The Morgan fingerprint density at radius 3 is 1.38 bits per heavy atom. The second kappa shape index (κ2) is 17.5. The number of nitrogens with one attached hydrogen (secondary N) is 4. The zero-order chi connectivity index (χ0) is 36.2. The molecule has 18 heteroatoms. The van der Waals surface area contributed by atoms with Crippen LogP contribution in [-0.4, -0.2) is 126 Å². The second-order valence-electron chi connectivity index (χ2n) is 12.5. The van der Waals surface area contributed by atoms with Crippen LogP contribution in [0, 0.1) is 0 Å². The summed E-state index contributed by atoms with van der Waals surface area (Å²) < 4.78 is 10.8. The molecule has 2 fully saturated rings. The molecule has 4 N–H and O–H groups in total. The first-order valence-corrected chi connectivity index (χ1v) is 15.8. The van der Waals surface area contributed by atoms with Gasteiger partial charge < -0.3 is 29.5 Å². The van der Waals surface area contributed by atoms with Crippen LogP contribution >= 0.6 is 15.9 Å². The molecule has 0 aromatic carbocycles. The molecule has 0 saturated carbocycles. The fourth-order valence-corrected chi connectivity index (χ4v) is 4.32. The normalized spacial score (nSPS) is 18.9. The highest BCUT2D eigenvalue weighted by molar-refractivity contribution is 9.12. The predicted octanol–water partition coefficient (Wildman–Crippen LogP) is 0.0267. The molecule has 0 bridgehead atoms. The maximum Gasteiger partial charge on any atom is 0.410 e. The van der Waals surface area contributed by atoms with Crippen molar-refractivity contribution in [2.75, 3.05) is 52.4 Å². The number of carbonyl (C=O) groups is 8. The molecule has 17 nitrogen and oxygen atoms in total. The van der Waals surface area contributed by atoms with Gasteiger partial charge in [0.2, 0.25) is 0 Å². The summed E-state index contributed by atoms with van der Waals surface area (Å²) in [6.07, 6.45) is 4.34. The molecule has 5 heterocycles. The van der Waals surface area contributed by atoms with E-state index in [0.717, 1.165) is 26.2 Å². The molecule has 0 atom stereocenters. The van der Waals surface area contributed by atoms with Crippen molar-refractivity contribution in [2.45, 2.75) is 52.7 Å². The Morgan fingerprint density at radius 2 is 1.06 bits per heavy atom. The molecule has 0 aromatic rings. The summed E-state index contributed by atoms with van der Waals surface area (Å²) in [6.45, 7) is 16.3. The Hall–Kier alpha value is -4.58. The number of amides is 8. The zero-order valence-electron chi connectivity index (χ0n) is 27.8. The first-order valence-electron chi connectivity index (χ1n) is 15.0. The summed E-state index contributed by atoms with van der Waals surface area (Å²) in [5.41, 5.74) is -0.532. The van der Waals surface area contributed by atoms with Crippen LogP contribution in [0.2, 0.25) is 0 Å². The Bertz CT molecular complexity index is 1360. The quantitative estimate of drug-likeness (QED) is 0.262. The van der Waals surface area contributed by atoms with Crippen LogP contribution in [-0.2, 0) is 38.2 Å². The number of hydrogen-bond acceptors (Lipinski definition) is 12. The van der Waals surface area contributed by atoms with Crippen molar-refractivity contribution < 1.29 is 47.8 Å². The van der Waals surface area contributed by atoms with Crippen molar-refractivity contribution in [3.8, 4) is 0 Å². The molecule has 0 aromatic heterocycles. The van der Waals surface area contributed by atoms with E-state index in [0.29, 0.717) is 36.4 Å². The van der Waals surface area contributed by atoms with Gasteiger partial charge in [-0.3, -0.25) is 44.7 Å². The summed E-state index contributed by atoms with van der Waals surface area (Å²) in [7, 11) is 0. The molecule has 0 radical (unpaired) electrons. The smallest absolute Gasteiger partial charge is 0.410 e. The topological polar surface area (TPSA) is 213 Å². The van der Waals surface area contributed by atoms with Gasteiger partial charge in [-0.15, -0.1) is 0 Å². The number of hydrogen-bond donors (Lipinski definition) is 4. The number of piperazine rings is 2. The maximum atomic E-state index is 11.9. The highest BCUT2D eigenvalue weighted by atomic mass is 79.9. The van der Waals surface area contributed by atoms with E-state index >= 15 is 0 Å². The number of carbonyl (C=O) groups excluding carboxylic acids is 8. The first kappa shape index (κ1) is 39.6. The zero-order valence-corrected chi connectivity index (χ0v) is 29.4. The van der Waals surface area contributed by atoms with Gasteiger partial charge in [-0.1, -0.05) is 0 Å². The van der Waals surface area contributed by atoms with E-state index in [1.807, 2.05) is 52.2 Å². The van der Waals surface area contributed by atoms with Crippen molar-refractivity contribution in [2.24, 2.45) is 0 Å². The fraction of sp³-hybridized carbons (Fsp3) is 0.533. The molecule has 5 aliphatic heterocycles. The summed E-state index contributed by atoms with van der Waals surface area (Å²) >= 11 is 2.87. The van der Waals surface area contributed by atoms with Gasteiger partial charge in [0.15, 0.2) is 0 Å². The van der Waals surface area contributed by atoms with Crippen LogP contribution in [0.4, 0.5) is 9.59 Å². The monoisotopic (exact) mass is 739 g/mol. The lowest BCUT2D eigenvalue weighted by Crippen LogP contribution is -2.50. The van der Waals surface area contributed by atoms with E-state index in [9.17, 15) is 38.4 Å². The van der Waals surface area contributed by atoms with E-state index in [4.69, 9.17) is 9.47 Å². The lowest BCUT2D eigenvalue weighted by atomic mass is 10.2. The van der Waals surface area contributed by atoms with Gasteiger partial charge in [0.1, 0.15) is 16.9 Å². The minimum absolute atomic E-state index is 0.200. The van der Waals surface area contributed by atoms with Crippen LogP contribution in [0.25, 0.3) is 0 Å². The number of rotatable bonds is 1. The maximum absolute atomic E-state index is 11.9. The molecule has 0 spiro atoms. The van der Waals surface area contributed by atoms with Gasteiger partial charge in [-0.05, 0) is 57.5 Å². The van der Waals surface area contributed by atoms with Crippen LogP contribution in [0.1, 0.15) is 41.5 Å². The molecular formula is C30H42BrN7O10. The van der Waals surface area contributed by atoms with Crippen LogP contribution < -0.4 is 21.3 Å². The van der Waals surface area contributed by atoms with Gasteiger partial charge in [0.05, 0.1) is 4.48 Å². The first-order chi connectivity index (χ1) is 22.2. The molecule has 48 heavy (non-hydrogen) atoms. The van der Waals surface area contributed by atoms with E-state index in [-0.39, 0.29) is 53.2 Å². The molecular weight excluding hydrogens is 698 g/mol. The van der Waals surface area contributed by atoms with E-state index in [2.05, 4.69) is 26.6 Å². The number of nitrogens with zero attached hydrogens (tertiary/aromatic N) is 3. The minimum atomic E-state index is -0.519. The van der Waals surface area contributed by atoms with Crippen molar-refractivity contribution in [3.63, 3.8) is 0 Å². The number of halogens is 1. The molecule has 8 amide bonds. The molecule has 264 valence electrons. The van der Waals surface area contributed by atoms with Crippen LogP contribution in [0.5, 0.6) is 0 Å². The van der Waals surface area contributed by atoms with Crippen LogP contribution in [0.15, 0.2) is 34.5 Å². The fourth-order valence-electron chi connectivity index (χ4n) is 4.01. The van der Waals surface area contributed by atoms with Crippen molar-refractivity contribution in [1.29, 1.82) is 0 Å². The third kappa shape index (κ3) is 14.5. The van der Waals surface area contributed by atoms with Gasteiger partial charge in [-0.25, -0.2) is 9.59 Å². The van der Waals surface area contributed by atoms with E-state index in [1.54, 1.807) is 14.7 Å². The number of imide groups is 3. The molecule has 0 aliphatic carbocycles. The summed E-state index contributed by atoms with van der Waals surface area (Å²) in [5.74, 6) is -2.15. The van der Waals surface area contributed by atoms with Crippen molar-refractivity contribution in [3.05, 3.63) is 34.5 Å². The van der Waals surface area contributed by atoms with Crippen molar-refractivity contribution in [1.82, 2.24) is 36.0 Å². The SMILES string of the molecule is CC(C)(C)OC(=O)N1CCN(C2=CC(=O)NC2=O)CC1.CC(C)(C)OC(=O)N1CCNCC1.O=C1C=C(Br)C(=O)N1.O=C1C=CC(=O)N1. The lowest BCUT2D eigenvalue weighted by molar-refractivity contribution is -0.125. The van der Waals surface area contributed by atoms with E-state index < -0.39 is 5.60 Å². The standard InChI is InChI=1S/C13H19N3O4.C9H18N2O2.C4H2BrNO2.C4H3NO2/c1-13(2,3)20-12(19)16-6-4-15(5-7-16)9-8-10(17)14-11(9)18;1-9(2,3)13-8(12)11-6-4-10-5-7-11;5-2-1-3(7)6-4(2)8;6-3-1-2-4(7)5-3/h8H,4-7H2,1-3H3,(H,14,17,18);10H,4-7H2,1-3H3;1H,(H,6,7,8);1-2H,(H,5,6,7). The van der Waals surface area contributed by atoms with Gasteiger partial charge in [0, 0.05) is 76.7 Å². The van der Waals surface area contributed by atoms with Gasteiger partial charge >= 0.3 is 12.2 Å². The lowest BCUT2D eigenvalue weighted by Gasteiger charge is -2.36.